The van der Waals surface area contributed by atoms with Crippen LogP contribution in [-0.2, 0) is 20.4 Å². The zero-order valence-corrected chi connectivity index (χ0v) is 19.2. The van der Waals surface area contributed by atoms with Gasteiger partial charge in [-0.1, -0.05) is 6.07 Å². The maximum absolute atomic E-state index is 12.7. The molecule has 2 rings (SSSR count). The molecule has 0 amide bonds. The van der Waals surface area contributed by atoms with Gasteiger partial charge < -0.3 is 29.4 Å². The second kappa shape index (κ2) is 11.3. The number of rotatable bonds is 12. The minimum atomic E-state index is -3.65. The van der Waals surface area contributed by atoms with E-state index in [-0.39, 0.29) is 18.7 Å². The normalized spacial score (nSPS) is 11.2. The third-order valence-corrected chi connectivity index (χ3v) is 5.77. The fourth-order valence-corrected chi connectivity index (χ4v) is 4.02. The van der Waals surface area contributed by atoms with Gasteiger partial charge in [0.15, 0.2) is 9.84 Å². The average Bonchev–Trinajstić information content (AvgIpc) is 2.76. The van der Waals surface area contributed by atoms with E-state index in [1.807, 2.05) is 0 Å². The Morgan fingerprint density at radius 2 is 1.59 bits per heavy atom. The number of carboxylic acid groups (broad SMARTS) is 1. The first-order valence-corrected chi connectivity index (χ1v) is 11.3. The van der Waals surface area contributed by atoms with Gasteiger partial charge in [0, 0.05) is 24.1 Å². The van der Waals surface area contributed by atoms with Crippen molar-refractivity contribution in [1.29, 1.82) is 0 Å². The van der Waals surface area contributed by atoms with Crippen LogP contribution >= 0.6 is 0 Å². The molecule has 0 aromatic heterocycles. The van der Waals surface area contributed by atoms with Crippen LogP contribution in [0.15, 0.2) is 35.7 Å². The molecule has 0 aliphatic carbocycles. The van der Waals surface area contributed by atoms with Gasteiger partial charge in [0.05, 0.1) is 51.9 Å². The molecule has 2 aromatic carbocycles. The van der Waals surface area contributed by atoms with Crippen molar-refractivity contribution in [2.24, 2.45) is 0 Å². The molecule has 2 N–H and O–H groups in total. The molecule has 0 saturated carbocycles. The summed E-state index contributed by atoms with van der Waals surface area (Å²) in [5.41, 5.74) is 1.50. The van der Waals surface area contributed by atoms with E-state index in [0.29, 0.717) is 39.8 Å². The quantitative estimate of drug-likeness (QED) is 0.487. The molecule has 0 atom stereocenters. The van der Waals surface area contributed by atoms with E-state index < -0.39 is 15.8 Å². The molecule has 0 heterocycles. The first-order chi connectivity index (χ1) is 15.2. The monoisotopic (exact) mass is 465 g/mol. The van der Waals surface area contributed by atoms with Crippen molar-refractivity contribution < 1.29 is 37.3 Å². The van der Waals surface area contributed by atoms with E-state index in [2.05, 4.69) is 5.32 Å². The summed E-state index contributed by atoms with van der Waals surface area (Å²) in [5.74, 6) is 0.607. The summed E-state index contributed by atoms with van der Waals surface area (Å²) in [6.45, 7) is 0.179. The SMILES string of the molecule is COc1cc(OC)c(C=CS(=O)(=O)Cc2ccc(OC)c(NCCC(=O)O)c2)c(OC)c1. The van der Waals surface area contributed by atoms with Gasteiger partial charge in [-0.25, -0.2) is 8.42 Å². The van der Waals surface area contributed by atoms with Gasteiger partial charge in [0.1, 0.15) is 23.0 Å². The summed E-state index contributed by atoms with van der Waals surface area (Å²) in [4.78, 5) is 10.7. The molecule has 174 valence electrons. The molecular formula is C22H27NO8S. The van der Waals surface area contributed by atoms with E-state index >= 15 is 0 Å². The molecule has 0 radical (unpaired) electrons. The summed E-state index contributed by atoms with van der Waals surface area (Å²) >= 11 is 0. The van der Waals surface area contributed by atoms with Crippen molar-refractivity contribution in [2.75, 3.05) is 40.3 Å². The predicted octanol–water partition coefficient (Wildman–Crippen LogP) is 3.19. The number of nitrogens with one attached hydrogen (secondary N) is 1. The smallest absolute Gasteiger partial charge is 0.305 e. The highest BCUT2D eigenvalue weighted by atomic mass is 32.2. The molecule has 0 spiro atoms. The van der Waals surface area contributed by atoms with Crippen LogP contribution in [0.5, 0.6) is 23.0 Å². The molecule has 10 heteroatoms. The van der Waals surface area contributed by atoms with Crippen LogP contribution in [0.3, 0.4) is 0 Å². The van der Waals surface area contributed by atoms with Crippen LogP contribution in [0, 0.1) is 0 Å². The van der Waals surface area contributed by atoms with Crippen molar-refractivity contribution >= 4 is 27.6 Å². The molecule has 0 saturated heterocycles. The Hall–Kier alpha value is -3.40. The summed E-state index contributed by atoms with van der Waals surface area (Å²) in [7, 11) is 2.27. The standard InChI is InChI=1S/C22H27NO8S/c1-28-16-12-20(30-3)17(21(13-16)31-4)8-10-32(26,27)14-15-5-6-19(29-2)18(11-15)23-9-7-22(24)25/h5-6,8,10-13,23H,7,9,14H2,1-4H3,(H,24,25). The number of carboxylic acids is 1. The van der Waals surface area contributed by atoms with Crippen molar-refractivity contribution in [3.8, 4) is 23.0 Å². The number of benzene rings is 2. The summed E-state index contributed by atoms with van der Waals surface area (Å²) < 4.78 is 46.6. The lowest BCUT2D eigenvalue weighted by molar-refractivity contribution is -0.136. The number of carbonyl (C=O) groups is 1. The lowest BCUT2D eigenvalue weighted by atomic mass is 10.1. The van der Waals surface area contributed by atoms with Crippen LogP contribution in [-0.4, -0.2) is 54.5 Å². The molecule has 0 unspecified atom stereocenters. The Balaban J connectivity index is 2.27. The molecule has 0 aliphatic rings. The number of anilines is 1. The van der Waals surface area contributed by atoms with E-state index in [0.717, 1.165) is 5.41 Å². The van der Waals surface area contributed by atoms with Gasteiger partial charge in [-0.15, -0.1) is 0 Å². The molecular weight excluding hydrogens is 438 g/mol. The predicted molar refractivity (Wildman–Crippen MR) is 121 cm³/mol. The first-order valence-electron chi connectivity index (χ1n) is 9.56. The number of hydrogen-bond donors (Lipinski definition) is 2. The van der Waals surface area contributed by atoms with Gasteiger partial charge in [-0.3, -0.25) is 4.79 Å². The van der Waals surface area contributed by atoms with Crippen LogP contribution in [0.1, 0.15) is 17.5 Å². The van der Waals surface area contributed by atoms with Crippen molar-refractivity contribution in [2.45, 2.75) is 12.2 Å². The number of methoxy groups -OCH3 is 4. The van der Waals surface area contributed by atoms with Crippen LogP contribution in [0.2, 0.25) is 0 Å². The number of sulfone groups is 1. The van der Waals surface area contributed by atoms with Crippen molar-refractivity contribution in [3.05, 3.63) is 46.9 Å². The molecule has 9 nitrogen and oxygen atoms in total. The van der Waals surface area contributed by atoms with Crippen LogP contribution < -0.4 is 24.3 Å². The van der Waals surface area contributed by atoms with Gasteiger partial charge in [-0.2, -0.15) is 0 Å². The van der Waals surface area contributed by atoms with Crippen molar-refractivity contribution in [3.63, 3.8) is 0 Å². The third kappa shape index (κ3) is 6.81. The van der Waals surface area contributed by atoms with Gasteiger partial charge in [-0.05, 0) is 23.8 Å². The second-order valence-electron chi connectivity index (χ2n) is 6.66. The maximum atomic E-state index is 12.7. The van der Waals surface area contributed by atoms with Crippen LogP contribution in [0.4, 0.5) is 5.69 Å². The number of ether oxygens (including phenoxy) is 4. The van der Waals surface area contributed by atoms with Gasteiger partial charge in [0.2, 0.25) is 0 Å². The van der Waals surface area contributed by atoms with Crippen LogP contribution in [0.25, 0.3) is 6.08 Å². The largest absolute Gasteiger partial charge is 0.496 e. The Bertz CT molecular complexity index is 1050. The Kier molecular flexibility index (Phi) is 8.77. The molecule has 0 fully saturated rings. The Morgan fingerprint density at radius 3 is 2.12 bits per heavy atom. The highest BCUT2D eigenvalue weighted by Gasteiger charge is 2.15. The van der Waals surface area contributed by atoms with Crippen molar-refractivity contribution in [1.82, 2.24) is 0 Å². The minimum Gasteiger partial charge on any atom is -0.496 e. The lowest BCUT2D eigenvalue weighted by Crippen LogP contribution is -2.09. The molecule has 0 bridgehead atoms. The highest BCUT2D eigenvalue weighted by molar-refractivity contribution is 7.93. The first kappa shape index (κ1) is 24.9. The van der Waals surface area contributed by atoms with E-state index in [1.165, 1.54) is 34.5 Å². The number of aliphatic carboxylic acids is 1. The Labute approximate surface area is 187 Å². The third-order valence-electron chi connectivity index (χ3n) is 4.48. The van der Waals surface area contributed by atoms with Gasteiger partial charge in [0.25, 0.3) is 0 Å². The summed E-state index contributed by atoms with van der Waals surface area (Å²) in [6, 6.07) is 8.16. The summed E-state index contributed by atoms with van der Waals surface area (Å²) in [6.07, 6.45) is 1.34. The van der Waals surface area contributed by atoms with E-state index in [9.17, 15) is 13.2 Å². The van der Waals surface area contributed by atoms with E-state index in [1.54, 1.807) is 30.3 Å². The topological polar surface area (TPSA) is 120 Å². The molecule has 0 aliphatic heterocycles. The molecule has 32 heavy (non-hydrogen) atoms. The van der Waals surface area contributed by atoms with E-state index in [4.69, 9.17) is 24.1 Å². The Morgan fingerprint density at radius 1 is 0.969 bits per heavy atom. The fourth-order valence-electron chi connectivity index (χ4n) is 2.94. The maximum Gasteiger partial charge on any atom is 0.305 e. The zero-order valence-electron chi connectivity index (χ0n) is 18.4. The lowest BCUT2D eigenvalue weighted by Gasteiger charge is -2.13. The molecule has 2 aromatic rings. The summed E-state index contributed by atoms with van der Waals surface area (Å²) in [5, 5.41) is 12.9. The van der Waals surface area contributed by atoms with Gasteiger partial charge >= 0.3 is 5.97 Å². The second-order valence-corrected chi connectivity index (χ2v) is 8.55. The minimum absolute atomic E-state index is 0.0834. The highest BCUT2D eigenvalue weighted by Crippen LogP contribution is 2.35. The number of hydrogen-bond acceptors (Lipinski definition) is 8. The average molecular weight is 466 g/mol. The zero-order chi connectivity index (χ0) is 23.7. The fraction of sp³-hybridized carbons (Fsp3) is 0.318.